The Bertz CT molecular complexity index is 344. The number of rotatable bonds is 3. The molecule has 0 aromatic carbocycles. The zero-order chi connectivity index (χ0) is 13.0. The van der Waals surface area contributed by atoms with Crippen molar-refractivity contribution in [1.82, 2.24) is 10.2 Å². The van der Waals surface area contributed by atoms with Gasteiger partial charge in [-0.1, -0.05) is 0 Å². The van der Waals surface area contributed by atoms with Gasteiger partial charge in [-0.2, -0.15) is 0 Å². The third kappa shape index (κ3) is 3.30. The first kappa shape index (κ1) is 13.7. The highest BCUT2D eigenvalue weighted by Gasteiger charge is 2.24. The van der Waals surface area contributed by atoms with Gasteiger partial charge >= 0.3 is 5.97 Å². The van der Waals surface area contributed by atoms with Gasteiger partial charge in [0.15, 0.2) is 0 Å². The maximum Gasteiger partial charge on any atom is 0.331 e. The Balaban J connectivity index is 2.75. The summed E-state index contributed by atoms with van der Waals surface area (Å²) in [4.78, 5) is 24.5. The molecule has 1 rings (SSSR count). The number of nitrogens with zero attached hydrogens (tertiary/aromatic N) is 1. The lowest BCUT2D eigenvalue weighted by Crippen LogP contribution is -2.44. The van der Waals surface area contributed by atoms with E-state index in [1.807, 2.05) is 0 Å². The summed E-state index contributed by atoms with van der Waals surface area (Å²) in [6.07, 6.45) is 1.84. The molecule has 0 aliphatic carbocycles. The summed E-state index contributed by atoms with van der Waals surface area (Å²) >= 11 is 0. The first-order valence-corrected chi connectivity index (χ1v) is 5.83. The van der Waals surface area contributed by atoms with E-state index in [4.69, 9.17) is 5.11 Å². The van der Waals surface area contributed by atoms with Gasteiger partial charge in [0, 0.05) is 24.2 Å². The Morgan fingerprint density at radius 1 is 1.18 bits per heavy atom. The van der Waals surface area contributed by atoms with Crippen molar-refractivity contribution >= 4 is 11.9 Å². The van der Waals surface area contributed by atoms with Crippen molar-refractivity contribution in [3.63, 3.8) is 0 Å². The number of carboxylic acids is 1. The van der Waals surface area contributed by atoms with Crippen molar-refractivity contribution in [3.8, 4) is 0 Å². The van der Waals surface area contributed by atoms with Crippen molar-refractivity contribution in [2.45, 2.75) is 32.7 Å². The quantitative estimate of drug-likeness (QED) is 0.709. The van der Waals surface area contributed by atoms with Gasteiger partial charge in [0.05, 0.1) is 0 Å². The van der Waals surface area contributed by atoms with E-state index in [9.17, 15) is 9.59 Å². The second-order valence-electron chi connectivity index (χ2n) is 4.45. The van der Waals surface area contributed by atoms with Gasteiger partial charge < -0.3 is 15.3 Å². The topological polar surface area (TPSA) is 69.6 Å². The van der Waals surface area contributed by atoms with E-state index < -0.39 is 5.97 Å². The minimum Gasteiger partial charge on any atom is -0.478 e. The van der Waals surface area contributed by atoms with E-state index in [0.29, 0.717) is 5.57 Å². The summed E-state index contributed by atoms with van der Waals surface area (Å²) in [7, 11) is 1.75. The summed E-state index contributed by atoms with van der Waals surface area (Å²) in [6, 6.07) is 0.209. The lowest BCUT2D eigenvalue weighted by Gasteiger charge is -2.32. The normalized spacial score (nSPS) is 18.5. The first-order valence-electron chi connectivity index (χ1n) is 5.83. The van der Waals surface area contributed by atoms with E-state index in [1.54, 1.807) is 18.9 Å². The fourth-order valence-electron chi connectivity index (χ4n) is 1.95. The van der Waals surface area contributed by atoms with Crippen LogP contribution >= 0.6 is 0 Å². The highest BCUT2D eigenvalue weighted by molar-refractivity contribution is 6.01. The van der Waals surface area contributed by atoms with Crippen LogP contribution in [0.4, 0.5) is 0 Å². The van der Waals surface area contributed by atoms with Gasteiger partial charge in [-0.25, -0.2) is 4.79 Å². The Hall–Kier alpha value is -1.36. The first-order chi connectivity index (χ1) is 7.95. The van der Waals surface area contributed by atoms with Crippen LogP contribution < -0.4 is 5.32 Å². The molecule has 0 aromatic heterocycles. The van der Waals surface area contributed by atoms with E-state index >= 15 is 0 Å². The molecule has 5 heteroatoms. The molecule has 1 aliphatic rings. The lowest BCUT2D eigenvalue weighted by molar-refractivity contribution is -0.134. The summed E-state index contributed by atoms with van der Waals surface area (Å²) in [5.74, 6) is -1.22. The Labute approximate surface area is 101 Å². The van der Waals surface area contributed by atoms with Crippen LogP contribution in [-0.2, 0) is 9.59 Å². The Morgan fingerprint density at radius 2 is 1.71 bits per heavy atom. The van der Waals surface area contributed by atoms with E-state index in [-0.39, 0.29) is 17.5 Å². The number of carbonyl (C=O) groups excluding carboxylic acids is 1. The van der Waals surface area contributed by atoms with Gasteiger partial charge in [0.25, 0.3) is 0 Å². The smallest absolute Gasteiger partial charge is 0.331 e. The molecule has 0 aromatic rings. The Morgan fingerprint density at radius 3 is 2.18 bits per heavy atom. The molecule has 1 amide bonds. The number of piperidine rings is 1. The zero-order valence-electron chi connectivity index (χ0n) is 10.6. The van der Waals surface area contributed by atoms with Crippen LogP contribution in [-0.4, -0.2) is 48.1 Å². The predicted octanol–water partition coefficient (Wildman–Crippen LogP) is 0.618. The van der Waals surface area contributed by atoms with Gasteiger partial charge in [0.2, 0.25) is 5.91 Å². The molecular weight excluding hydrogens is 220 g/mol. The van der Waals surface area contributed by atoms with E-state index in [2.05, 4.69) is 5.32 Å². The molecule has 5 nitrogen and oxygen atoms in total. The molecule has 0 unspecified atom stereocenters. The minimum atomic E-state index is -1.03. The molecule has 1 aliphatic heterocycles. The number of carbonyl (C=O) groups is 2. The van der Waals surface area contributed by atoms with Crippen LogP contribution in [0.1, 0.15) is 26.7 Å². The van der Waals surface area contributed by atoms with Gasteiger partial charge in [-0.3, -0.25) is 4.79 Å². The van der Waals surface area contributed by atoms with Crippen LogP contribution in [0.15, 0.2) is 11.1 Å². The molecular formula is C12H20N2O3. The Kier molecular flexibility index (Phi) is 4.69. The third-order valence-corrected chi connectivity index (χ3v) is 3.38. The molecule has 0 saturated carbocycles. The van der Waals surface area contributed by atoms with E-state index in [0.717, 1.165) is 25.9 Å². The standard InChI is InChI=1S/C12H20N2O3/c1-8(9(2)12(16)17)11(15)14(3)10-4-6-13-7-5-10/h10,13H,4-7H2,1-3H3,(H,16,17). The number of hydrogen-bond acceptors (Lipinski definition) is 3. The molecule has 2 N–H and O–H groups in total. The summed E-state index contributed by atoms with van der Waals surface area (Å²) in [5, 5.41) is 12.1. The fourth-order valence-corrected chi connectivity index (χ4v) is 1.95. The predicted molar refractivity (Wildman–Crippen MR) is 64.7 cm³/mol. The summed E-state index contributed by atoms with van der Waals surface area (Å²) < 4.78 is 0. The molecule has 1 heterocycles. The molecule has 17 heavy (non-hydrogen) atoms. The van der Waals surface area contributed by atoms with Crippen LogP contribution in [0.25, 0.3) is 0 Å². The highest BCUT2D eigenvalue weighted by atomic mass is 16.4. The van der Waals surface area contributed by atoms with Crippen LogP contribution in [0, 0.1) is 0 Å². The molecule has 0 spiro atoms. The van der Waals surface area contributed by atoms with Crippen LogP contribution in [0.3, 0.4) is 0 Å². The van der Waals surface area contributed by atoms with Gasteiger partial charge in [0.1, 0.15) is 0 Å². The van der Waals surface area contributed by atoms with Gasteiger partial charge in [-0.05, 0) is 39.8 Å². The summed E-state index contributed by atoms with van der Waals surface area (Å²) in [5.41, 5.74) is 0.439. The van der Waals surface area contributed by atoms with Crippen LogP contribution in [0.5, 0.6) is 0 Å². The molecule has 1 fully saturated rings. The number of amides is 1. The second kappa shape index (κ2) is 5.82. The van der Waals surface area contributed by atoms with Gasteiger partial charge in [-0.15, -0.1) is 0 Å². The highest BCUT2D eigenvalue weighted by Crippen LogP contribution is 2.14. The van der Waals surface area contributed by atoms with Crippen molar-refractivity contribution in [3.05, 3.63) is 11.1 Å². The molecule has 1 saturated heterocycles. The number of likely N-dealkylation sites (N-methyl/N-ethyl adjacent to an activating group) is 1. The number of hydrogen-bond donors (Lipinski definition) is 2. The van der Waals surface area contributed by atoms with Crippen molar-refractivity contribution in [1.29, 1.82) is 0 Å². The van der Waals surface area contributed by atoms with E-state index in [1.165, 1.54) is 6.92 Å². The maximum absolute atomic E-state index is 12.1. The largest absolute Gasteiger partial charge is 0.478 e. The van der Waals surface area contributed by atoms with Crippen molar-refractivity contribution < 1.29 is 14.7 Å². The maximum atomic E-state index is 12.1. The lowest BCUT2D eigenvalue weighted by atomic mass is 10.0. The SMILES string of the molecule is CC(C(=O)O)=C(C)C(=O)N(C)C1CCNCC1. The average Bonchev–Trinajstić information content (AvgIpc) is 2.36. The third-order valence-electron chi connectivity index (χ3n) is 3.38. The average molecular weight is 240 g/mol. The number of carboxylic acid groups (broad SMARTS) is 1. The molecule has 0 bridgehead atoms. The molecule has 0 atom stereocenters. The van der Waals surface area contributed by atoms with Crippen molar-refractivity contribution in [2.75, 3.05) is 20.1 Å². The zero-order valence-corrected chi connectivity index (χ0v) is 10.6. The van der Waals surface area contributed by atoms with Crippen LogP contribution in [0.2, 0.25) is 0 Å². The molecule has 0 radical (unpaired) electrons. The molecule has 96 valence electrons. The summed E-state index contributed by atoms with van der Waals surface area (Å²) in [6.45, 7) is 4.85. The number of nitrogens with one attached hydrogen (secondary N) is 1. The fraction of sp³-hybridized carbons (Fsp3) is 0.667. The monoisotopic (exact) mass is 240 g/mol. The van der Waals surface area contributed by atoms with Crippen molar-refractivity contribution in [2.24, 2.45) is 0 Å². The minimum absolute atomic E-state index is 0.121. The number of aliphatic carboxylic acids is 1. The second-order valence-corrected chi connectivity index (χ2v) is 4.45.